The Morgan fingerprint density at radius 1 is 1.41 bits per heavy atom. The molecule has 6 heteroatoms. The van der Waals surface area contributed by atoms with Crippen LogP contribution in [0.15, 0.2) is 30.5 Å². The summed E-state index contributed by atoms with van der Waals surface area (Å²) in [6.07, 6.45) is 1.32. The third-order valence-electron chi connectivity index (χ3n) is 2.14. The molecule has 1 aromatic heterocycles. The Kier molecular flexibility index (Phi) is 2.95. The van der Waals surface area contributed by atoms with Crippen LogP contribution in [-0.4, -0.2) is 23.3 Å². The second-order valence-corrected chi connectivity index (χ2v) is 3.27. The fourth-order valence-electron chi connectivity index (χ4n) is 1.29. The predicted molar refractivity (Wildman–Crippen MR) is 61.0 cm³/mol. The molecule has 17 heavy (non-hydrogen) atoms. The van der Waals surface area contributed by atoms with Crippen LogP contribution in [0.1, 0.15) is 10.4 Å². The van der Waals surface area contributed by atoms with Gasteiger partial charge in [0.25, 0.3) is 0 Å². The minimum Gasteiger partial charge on any atom is -0.497 e. The molecule has 0 aliphatic carbocycles. The lowest BCUT2D eigenvalue weighted by molar-refractivity contribution is 0.0735. The van der Waals surface area contributed by atoms with Crippen LogP contribution in [0.25, 0.3) is 0 Å². The van der Waals surface area contributed by atoms with Gasteiger partial charge in [-0.2, -0.15) is 5.10 Å². The standard InChI is InChI=1S/C11H11N3O3/c1-16-7-3-2-4-8(5-7)17-11(15)9-6-13-14-10(9)12/h2-6H,1H3,(H3,12,13,14). The van der Waals surface area contributed by atoms with Crippen LogP contribution in [0.5, 0.6) is 11.5 Å². The summed E-state index contributed by atoms with van der Waals surface area (Å²) in [6, 6.07) is 6.73. The number of aromatic amines is 1. The van der Waals surface area contributed by atoms with E-state index in [-0.39, 0.29) is 11.4 Å². The largest absolute Gasteiger partial charge is 0.497 e. The number of nitrogens with two attached hydrogens (primary N) is 1. The highest BCUT2D eigenvalue weighted by Crippen LogP contribution is 2.20. The van der Waals surface area contributed by atoms with Crippen LogP contribution in [-0.2, 0) is 0 Å². The van der Waals surface area contributed by atoms with Gasteiger partial charge in [0, 0.05) is 6.07 Å². The molecular weight excluding hydrogens is 222 g/mol. The molecule has 0 saturated carbocycles. The number of H-pyrrole nitrogens is 1. The molecule has 0 atom stereocenters. The maximum absolute atomic E-state index is 11.7. The monoisotopic (exact) mass is 233 g/mol. The number of methoxy groups -OCH3 is 1. The van der Waals surface area contributed by atoms with Gasteiger partial charge in [-0.3, -0.25) is 5.10 Å². The molecule has 0 bridgehead atoms. The minimum absolute atomic E-state index is 0.179. The highest BCUT2D eigenvalue weighted by molar-refractivity contribution is 5.95. The van der Waals surface area contributed by atoms with Crippen molar-refractivity contribution in [3.05, 3.63) is 36.0 Å². The van der Waals surface area contributed by atoms with Crippen molar-refractivity contribution in [2.75, 3.05) is 12.8 Å². The van der Waals surface area contributed by atoms with Crippen molar-refractivity contribution in [2.24, 2.45) is 0 Å². The molecule has 6 nitrogen and oxygen atoms in total. The molecule has 0 amide bonds. The van der Waals surface area contributed by atoms with Crippen molar-refractivity contribution in [2.45, 2.75) is 0 Å². The maximum Gasteiger partial charge on any atom is 0.348 e. The van der Waals surface area contributed by atoms with Crippen LogP contribution in [0.2, 0.25) is 0 Å². The summed E-state index contributed by atoms with van der Waals surface area (Å²) in [6.45, 7) is 0. The predicted octanol–water partition coefficient (Wildman–Crippen LogP) is 1.22. The van der Waals surface area contributed by atoms with E-state index in [9.17, 15) is 4.79 Å². The number of nitrogens with one attached hydrogen (secondary N) is 1. The number of hydrogen-bond donors (Lipinski definition) is 2. The van der Waals surface area contributed by atoms with Crippen LogP contribution < -0.4 is 15.2 Å². The average molecular weight is 233 g/mol. The molecular formula is C11H11N3O3. The number of nitrogens with zero attached hydrogens (tertiary/aromatic N) is 1. The first-order valence-electron chi connectivity index (χ1n) is 4.86. The molecule has 0 aliphatic heterocycles. The first-order chi connectivity index (χ1) is 8.20. The van der Waals surface area contributed by atoms with E-state index in [1.165, 1.54) is 13.3 Å². The topological polar surface area (TPSA) is 90.2 Å². The van der Waals surface area contributed by atoms with E-state index in [4.69, 9.17) is 15.2 Å². The molecule has 3 N–H and O–H groups in total. The quantitative estimate of drug-likeness (QED) is 0.614. The number of carbonyl (C=O) groups is 1. The number of nitrogen functional groups attached to an aromatic ring is 1. The fourth-order valence-corrected chi connectivity index (χ4v) is 1.29. The van der Waals surface area contributed by atoms with Crippen molar-refractivity contribution < 1.29 is 14.3 Å². The van der Waals surface area contributed by atoms with Crippen LogP contribution in [0, 0.1) is 0 Å². The fraction of sp³-hybridized carbons (Fsp3) is 0.0909. The Hall–Kier alpha value is -2.50. The number of carbonyl (C=O) groups excluding carboxylic acids is 1. The van der Waals surface area contributed by atoms with Gasteiger partial charge in [-0.25, -0.2) is 4.79 Å². The highest BCUT2D eigenvalue weighted by Gasteiger charge is 2.14. The SMILES string of the molecule is COc1cccc(OC(=O)c2cn[nH]c2N)c1. The van der Waals surface area contributed by atoms with Gasteiger partial charge in [0.05, 0.1) is 13.3 Å². The second kappa shape index (κ2) is 4.56. The Balaban J connectivity index is 2.16. The maximum atomic E-state index is 11.7. The normalized spacial score (nSPS) is 9.94. The number of benzene rings is 1. The molecule has 0 fully saturated rings. The zero-order chi connectivity index (χ0) is 12.3. The number of rotatable bonds is 3. The molecule has 0 spiro atoms. The molecule has 88 valence electrons. The smallest absolute Gasteiger partial charge is 0.348 e. The Labute approximate surface area is 97.3 Å². The van der Waals surface area contributed by atoms with Gasteiger partial charge in [-0.1, -0.05) is 6.07 Å². The first-order valence-corrected chi connectivity index (χ1v) is 4.86. The van der Waals surface area contributed by atoms with Gasteiger partial charge < -0.3 is 15.2 Å². The van der Waals surface area contributed by atoms with E-state index >= 15 is 0 Å². The van der Waals surface area contributed by atoms with E-state index in [0.717, 1.165) is 0 Å². The zero-order valence-electron chi connectivity index (χ0n) is 9.14. The van der Waals surface area contributed by atoms with Gasteiger partial charge in [0.15, 0.2) is 0 Å². The summed E-state index contributed by atoms with van der Waals surface area (Å²) in [5, 5.41) is 6.10. The average Bonchev–Trinajstić information content (AvgIpc) is 2.76. The van der Waals surface area contributed by atoms with Crippen LogP contribution in [0.4, 0.5) is 5.82 Å². The molecule has 0 unspecified atom stereocenters. The molecule has 0 saturated heterocycles. The number of hydrogen-bond acceptors (Lipinski definition) is 5. The van der Waals surface area contributed by atoms with Crippen LogP contribution >= 0.6 is 0 Å². The van der Waals surface area contributed by atoms with Gasteiger partial charge in [-0.05, 0) is 12.1 Å². The van der Waals surface area contributed by atoms with Gasteiger partial charge in [0.1, 0.15) is 22.9 Å². The van der Waals surface area contributed by atoms with Crippen molar-refractivity contribution in [1.29, 1.82) is 0 Å². The third-order valence-corrected chi connectivity index (χ3v) is 2.14. The van der Waals surface area contributed by atoms with Crippen molar-refractivity contribution in [1.82, 2.24) is 10.2 Å². The molecule has 2 aromatic rings. The summed E-state index contributed by atoms with van der Waals surface area (Å²) in [5.41, 5.74) is 5.71. The Bertz CT molecular complexity index is 536. The van der Waals surface area contributed by atoms with E-state index in [1.807, 2.05) is 0 Å². The number of esters is 1. The molecule has 2 rings (SSSR count). The Morgan fingerprint density at radius 3 is 2.82 bits per heavy atom. The van der Waals surface area contributed by atoms with E-state index in [0.29, 0.717) is 11.5 Å². The lowest BCUT2D eigenvalue weighted by atomic mass is 10.3. The lowest BCUT2D eigenvalue weighted by Gasteiger charge is -2.05. The summed E-state index contributed by atoms with van der Waals surface area (Å²) in [4.78, 5) is 11.7. The molecule has 0 radical (unpaired) electrons. The highest BCUT2D eigenvalue weighted by atomic mass is 16.5. The summed E-state index contributed by atoms with van der Waals surface area (Å²) >= 11 is 0. The lowest BCUT2D eigenvalue weighted by Crippen LogP contribution is -2.09. The summed E-state index contributed by atoms with van der Waals surface area (Å²) < 4.78 is 10.1. The van der Waals surface area contributed by atoms with Gasteiger partial charge in [0.2, 0.25) is 0 Å². The number of anilines is 1. The van der Waals surface area contributed by atoms with Gasteiger partial charge >= 0.3 is 5.97 Å². The summed E-state index contributed by atoms with van der Waals surface area (Å²) in [7, 11) is 1.54. The van der Waals surface area contributed by atoms with Gasteiger partial charge in [-0.15, -0.1) is 0 Å². The number of aromatic nitrogens is 2. The molecule has 0 aliphatic rings. The second-order valence-electron chi connectivity index (χ2n) is 3.27. The number of ether oxygens (including phenoxy) is 2. The minimum atomic E-state index is -0.565. The van der Waals surface area contributed by atoms with Crippen molar-refractivity contribution >= 4 is 11.8 Å². The summed E-state index contributed by atoms with van der Waals surface area (Å²) in [5.74, 6) is 0.604. The third kappa shape index (κ3) is 2.36. The molecule has 1 heterocycles. The zero-order valence-corrected chi connectivity index (χ0v) is 9.14. The van der Waals surface area contributed by atoms with Crippen molar-refractivity contribution in [3.63, 3.8) is 0 Å². The van der Waals surface area contributed by atoms with E-state index in [1.54, 1.807) is 24.3 Å². The first kappa shape index (κ1) is 11.0. The van der Waals surface area contributed by atoms with E-state index < -0.39 is 5.97 Å². The molecule has 1 aromatic carbocycles. The van der Waals surface area contributed by atoms with E-state index in [2.05, 4.69) is 10.2 Å². The van der Waals surface area contributed by atoms with Crippen molar-refractivity contribution in [3.8, 4) is 11.5 Å². The Morgan fingerprint density at radius 2 is 2.18 bits per heavy atom. The van der Waals surface area contributed by atoms with Crippen LogP contribution in [0.3, 0.4) is 0 Å².